The number of aliphatic imine (C=N–C) groups is 1. The lowest BCUT2D eigenvalue weighted by Gasteiger charge is -2.22. The first-order chi connectivity index (χ1) is 10.2. The molecule has 2 atom stereocenters. The molecule has 0 aromatic heterocycles. The van der Waals surface area contributed by atoms with Crippen LogP contribution in [0.5, 0.6) is 0 Å². The Balaban J connectivity index is 0.00000176. The molecule has 2 saturated heterocycles. The van der Waals surface area contributed by atoms with Gasteiger partial charge in [-0.2, -0.15) is 11.8 Å². The maximum atomic E-state index is 10.4. The third kappa shape index (κ3) is 5.14. The molecule has 7 heteroatoms. The van der Waals surface area contributed by atoms with Crippen molar-refractivity contribution in [3.05, 3.63) is 0 Å². The Morgan fingerprint density at radius 3 is 2.86 bits per heavy atom. The number of rotatable bonds is 5. The van der Waals surface area contributed by atoms with Crippen LogP contribution in [-0.4, -0.2) is 71.3 Å². The van der Waals surface area contributed by atoms with E-state index in [0.717, 1.165) is 43.0 Å². The number of thioether (sulfide) groups is 1. The monoisotopic (exact) mass is 440 g/mol. The van der Waals surface area contributed by atoms with Gasteiger partial charge in [-0.3, -0.25) is 9.89 Å². The predicted molar refractivity (Wildman–Crippen MR) is 104 cm³/mol. The zero-order chi connectivity index (χ0) is 14.7. The molecule has 2 unspecified atom stereocenters. The second-order valence-corrected chi connectivity index (χ2v) is 7.68. The first-order valence-electron chi connectivity index (χ1n) is 8.27. The second-order valence-electron chi connectivity index (χ2n) is 6.58. The van der Waals surface area contributed by atoms with Crippen LogP contribution < -0.4 is 10.6 Å². The Morgan fingerprint density at radius 1 is 1.41 bits per heavy atom. The highest BCUT2D eigenvalue weighted by Crippen LogP contribution is 2.30. The molecule has 128 valence electrons. The number of likely N-dealkylation sites (tertiary alicyclic amines) is 1. The fourth-order valence-corrected chi connectivity index (χ4v) is 4.42. The Morgan fingerprint density at radius 2 is 2.23 bits per heavy atom. The highest BCUT2D eigenvalue weighted by Gasteiger charge is 2.35. The maximum absolute atomic E-state index is 10.4. The number of guanidine groups is 1. The van der Waals surface area contributed by atoms with E-state index in [0.29, 0.717) is 12.6 Å². The van der Waals surface area contributed by atoms with E-state index in [1.54, 1.807) is 0 Å². The summed E-state index contributed by atoms with van der Waals surface area (Å²) in [6, 6.07) is 1.35. The minimum Gasteiger partial charge on any atom is -0.387 e. The summed E-state index contributed by atoms with van der Waals surface area (Å²) in [4.78, 5) is 7.23. The van der Waals surface area contributed by atoms with E-state index in [9.17, 15) is 5.11 Å². The van der Waals surface area contributed by atoms with E-state index in [4.69, 9.17) is 0 Å². The molecule has 2 aliphatic heterocycles. The van der Waals surface area contributed by atoms with Crippen LogP contribution in [0.25, 0.3) is 0 Å². The summed E-state index contributed by atoms with van der Waals surface area (Å²) in [5.74, 6) is 2.73. The number of hydrogen-bond acceptors (Lipinski definition) is 4. The topological polar surface area (TPSA) is 59.9 Å². The van der Waals surface area contributed by atoms with Crippen LogP contribution in [0.3, 0.4) is 0 Å². The van der Waals surface area contributed by atoms with Crippen molar-refractivity contribution >= 4 is 41.7 Å². The highest BCUT2D eigenvalue weighted by atomic mass is 127. The molecule has 0 bridgehead atoms. The third-order valence-electron chi connectivity index (χ3n) is 4.58. The molecule has 22 heavy (non-hydrogen) atoms. The smallest absolute Gasteiger partial charge is 0.191 e. The van der Waals surface area contributed by atoms with Crippen LogP contribution in [-0.2, 0) is 0 Å². The van der Waals surface area contributed by atoms with E-state index in [-0.39, 0.29) is 24.0 Å². The molecule has 2 heterocycles. The average Bonchev–Trinajstić information content (AvgIpc) is 3.07. The van der Waals surface area contributed by atoms with Gasteiger partial charge in [-0.15, -0.1) is 24.0 Å². The first-order valence-corrected chi connectivity index (χ1v) is 9.43. The zero-order valence-corrected chi connectivity index (χ0v) is 16.5. The zero-order valence-electron chi connectivity index (χ0n) is 13.4. The van der Waals surface area contributed by atoms with Crippen LogP contribution >= 0.6 is 35.7 Å². The average molecular weight is 440 g/mol. The summed E-state index contributed by atoms with van der Waals surface area (Å²) in [6.07, 6.45) is 4.82. The van der Waals surface area contributed by atoms with Gasteiger partial charge >= 0.3 is 0 Å². The maximum Gasteiger partial charge on any atom is 0.191 e. The van der Waals surface area contributed by atoms with Crippen molar-refractivity contribution in [1.82, 2.24) is 15.5 Å². The normalized spacial score (nSPS) is 32.8. The van der Waals surface area contributed by atoms with Crippen molar-refractivity contribution in [3.63, 3.8) is 0 Å². The quantitative estimate of drug-likeness (QED) is 0.342. The molecule has 3 fully saturated rings. The highest BCUT2D eigenvalue weighted by molar-refractivity contribution is 14.0. The van der Waals surface area contributed by atoms with Gasteiger partial charge in [0.05, 0.1) is 12.1 Å². The largest absolute Gasteiger partial charge is 0.387 e. The summed E-state index contributed by atoms with van der Waals surface area (Å²) in [7, 11) is 0. The lowest BCUT2D eigenvalue weighted by molar-refractivity contribution is 0.0778. The molecule has 1 aliphatic carbocycles. The van der Waals surface area contributed by atoms with Crippen molar-refractivity contribution in [2.75, 3.05) is 37.7 Å². The van der Waals surface area contributed by atoms with Crippen molar-refractivity contribution in [2.45, 2.75) is 50.3 Å². The van der Waals surface area contributed by atoms with Crippen LogP contribution in [0.4, 0.5) is 0 Å². The molecule has 0 aromatic rings. The van der Waals surface area contributed by atoms with Gasteiger partial charge in [0, 0.05) is 37.5 Å². The van der Waals surface area contributed by atoms with Gasteiger partial charge in [0.15, 0.2) is 5.96 Å². The molecule has 0 spiro atoms. The third-order valence-corrected chi connectivity index (χ3v) is 5.82. The lowest BCUT2D eigenvalue weighted by atomic mass is 10.1. The van der Waals surface area contributed by atoms with Crippen LogP contribution in [0.1, 0.15) is 32.6 Å². The first kappa shape index (κ1) is 18.6. The van der Waals surface area contributed by atoms with Crippen molar-refractivity contribution < 1.29 is 5.11 Å². The van der Waals surface area contributed by atoms with Gasteiger partial charge in [-0.05, 0) is 38.4 Å². The summed E-state index contributed by atoms with van der Waals surface area (Å²) in [5, 5.41) is 17.3. The molecular formula is C15H29IN4OS. The van der Waals surface area contributed by atoms with Gasteiger partial charge < -0.3 is 15.7 Å². The summed E-state index contributed by atoms with van der Waals surface area (Å²) in [6.45, 7) is 5.80. The molecule has 3 rings (SSSR count). The summed E-state index contributed by atoms with van der Waals surface area (Å²) < 4.78 is 0. The van der Waals surface area contributed by atoms with Crippen molar-refractivity contribution in [2.24, 2.45) is 4.99 Å². The van der Waals surface area contributed by atoms with Gasteiger partial charge in [0.1, 0.15) is 0 Å². The van der Waals surface area contributed by atoms with Crippen molar-refractivity contribution in [1.29, 1.82) is 0 Å². The van der Waals surface area contributed by atoms with E-state index < -0.39 is 5.60 Å². The molecular weight excluding hydrogens is 411 g/mol. The number of halogens is 1. The minimum atomic E-state index is -0.595. The molecule has 1 saturated carbocycles. The summed E-state index contributed by atoms with van der Waals surface area (Å²) >= 11 is 1.82. The molecule has 3 aliphatic rings. The fourth-order valence-electron chi connectivity index (χ4n) is 3.14. The van der Waals surface area contributed by atoms with E-state index in [1.165, 1.54) is 25.8 Å². The number of aliphatic hydroxyl groups is 1. The number of hydrogen-bond donors (Lipinski definition) is 3. The summed E-state index contributed by atoms with van der Waals surface area (Å²) in [5.41, 5.74) is -0.595. The number of nitrogens with zero attached hydrogens (tertiary/aromatic N) is 2. The molecule has 3 N–H and O–H groups in total. The molecule has 0 aromatic carbocycles. The standard InChI is InChI=1S/C15H28N4OS.HI/c1-2-16-14(17-10-15(20)6-8-21-11-15)18-12-5-7-19(9-12)13-3-4-13;/h12-13,20H,2-11H2,1H3,(H2,16,17,18);1H. The van der Waals surface area contributed by atoms with E-state index in [2.05, 4.69) is 27.4 Å². The van der Waals surface area contributed by atoms with Crippen molar-refractivity contribution in [3.8, 4) is 0 Å². The Bertz CT molecular complexity index is 386. The SMILES string of the molecule is CCNC(=NCC1(O)CCSC1)NC1CCN(C2CC2)C1.I. The van der Waals surface area contributed by atoms with Crippen LogP contribution in [0.15, 0.2) is 4.99 Å². The van der Waals surface area contributed by atoms with Gasteiger partial charge in [0.25, 0.3) is 0 Å². The fraction of sp³-hybridized carbons (Fsp3) is 0.933. The second kappa shape index (κ2) is 8.39. The van der Waals surface area contributed by atoms with E-state index >= 15 is 0 Å². The van der Waals surface area contributed by atoms with E-state index in [1.807, 2.05) is 11.8 Å². The van der Waals surface area contributed by atoms with Gasteiger partial charge in [0.2, 0.25) is 0 Å². The minimum absolute atomic E-state index is 0. The number of nitrogens with one attached hydrogen (secondary N) is 2. The Kier molecular flexibility index (Phi) is 7.10. The predicted octanol–water partition coefficient (Wildman–Crippen LogP) is 1.26. The molecule has 0 amide bonds. The molecule has 0 radical (unpaired) electrons. The lowest BCUT2D eigenvalue weighted by Crippen LogP contribution is -2.46. The van der Waals surface area contributed by atoms with Crippen LogP contribution in [0, 0.1) is 0 Å². The van der Waals surface area contributed by atoms with Crippen LogP contribution in [0.2, 0.25) is 0 Å². The Labute approximate surface area is 155 Å². The molecule has 5 nitrogen and oxygen atoms in total. The van der Waals surface area contributed by atoms with Gasteiger partial charge in [-0.25, -0.2) is 0 Å². The van der Waals surface area contributed by atoms with Gasteiger partial charge in [-0.1, -0.05) is 0 Å². The Hall–Kier alpha value is 0.270.